The van der Waals surface area contributed by atoms with E-state index in [0.29, 0.717) is 22.7 Å². The molecule has 9 heteroatoms. The maximum atomic E-state index is 13.1. The number of amides is 2. The summed E-state index contributed by atoms with van der Waals surface area (Å²) in [5.41, 5.74) is 0.839. The molecule has 2 aromatic rings. The van der Waals surface area contributed by atoms with Gasteiger partial charge in [0.25, 0.3) is 11.8 Å². The number of carboxylic acid groups (broad SMARTS) is 1. The molecular formula is C23H22N2O6S. The third-order valence-corrected chi connectivity index (χ3v) is 5.16. The van der Waals surface area contributed by atoms with Gasteiger partial charge in [-0.3, -0.25) is 19.8 Å². The molecule has 166 valence electrons. The highest BCUT2D eigenvalue weighted by atomic mass is 32.1. The van der Waals surface area contributed by atoms with Crippen molar-refractivity contribution in [3.8, 4) is 11.5 Å². The van der Waals surface area contributed by atoms with Crippen LogP contribution >= 0.6 is 12.2 Å². The highest BCUT2D eigenvalue weighted by Gasteiger charge is 2.34. The number of ether oxygens (including phenoxy) is 2. The number of hydrogen-bond donors (Lipinski definition) is 2. The SMILES string of the molecule is CC[C@H](C)Oc1ccc(/C=C2\C(=O)NC(=S)N(c3ccc(C(=O)O)cc3)C2=O)cc1OC. The van der Waals surface area contributed by atoms with Gasteiger partial charge in [0.2, 0.25) is 0 Å². The standard InChI is InChI=1S/C23H22N2O6S/c1-4-13(2)31-18-10-5-14(12-19(18)30-3)11-17-20(26)24-23(32)25(21(17)27)16-8-6-15(7-9-16)22(28)29/h5-13H,4H2,1-3H3,(H,28,29)(H,24,26,32)/b17-11+/t13-/m0/s1. The van der Waals surface area contributed by atoms with Gasteiger partial charge in [-0.25, -0.2) is 4.79 Å². The number of thiocarbonyl (C=S) groups is 1. The van der Waals surface area contributed by atoms with Crippen molar-refractivity contribution in [2.75, 3.05) is 12.0 Å². The van der Waals surface area contributed by atoms with E-state index >= 15 is 0 Å². The number of rotatable bonds is 7. The molecule has 0 unspecified atom stereocenters. The Morgan fingerprint density at radius 3 is 2.47 bits per heavy atom. The lowest BCUT2D eigenvalue weighted by Crippen LogP contribution is -2.54. The van der Waals surface area contributed by atoms with Crippen LogP contribution in [-0.2, 0) is 9.59 Å². The fraction of sp³-hybridized carbons (Fsp3) is 0.217. The lowest BCUT2D eigenvalue weighted by Gasteiger charge is -2.29. The van der Waals surface area contributed by atoms with Gasteiger partial charge in [-0.15, -0.1) is 0 Å². The fourth-order valence-electron chi connectivity index (χ4n) is 2.98. The van der Waals surface area contributed by atoms with Crippen LogP contribution in [0.15, 0.2) is 48.0 Å². The van der Waals surface area contributed by atoms with E-state index in [4.69, 9.17) is 26.8 Å². The van der Waals surface area contributed by atoms with E-state index in [1.165, 1.54) is 37.5 Å². The highest BCUT2D eigenvalue weighted by molar-refractivity contribution is 7.80. The quantitative estimate of drug-likeness (QED) is 0.375. The molecule has 1 heterocycles. The van der Waals surface area contributed by atoms with E-state index in [0.717, 1.165) is 11.3 Å². The smallest absolute Gasteiger partial charge is 0.335 e. The van der Waals surface area contributed by atoms with Crippen LogP contribution in [-0.4, -0.2) is 41.2 Å². The van der Waals surface area contributed by atoms with Crippen molar-refractivity contribution in [2.24, 2.45) is 0 Å². The molecule has 1 aliphatic rings. The number of hydrogen-bond acceptors (Lipinski definition) is 6. The van der Waals surface area contributed by atoms with E-state index in [1.807, 2.05) is 13.8 Å². The third kappa shape index (κ3) is 4.78. The van der Waals surface area contributed by atoms with Gasteiger partial charge in [-0.2, -0.15) is 0 Å². The minimum atomic E-state index is -1.09. The van der Waals surface area contributed by atoms with E-state index in [2.05, 4.69) is 5.32 Å². The summed E-state index contributed by atoms with van der Waals surface area (Å²) in [6.45, 7) is 3.95. The fourth-order valence-corrected chi connectivity index (χ4v) is 3.26. The Hall–Kier alpha value is -3.72. The molecule has 32 heavy (non-hydrogen) atoms. The van der Waals surface area contributed by atoms with Gasteiger partial charge < -0.3 is 14.6 Å². The zero-order valence-electron chi connectivity index (χ0n) is 17.7. The summed E-state index contributed by atoms with van der Waals surface area (Å²) >= 11 is 5.17. The van der Waals surface area contributed by atoms with Gasteiger partial charge in [-0.1, -0.05) is 13.0 Å². The summed E-state index contributed by atoms with van der Waals surface area (Å²) in [5, 5.41) is 11.5. The molecule has 1 fully saturated rings. The average molecular weight is 455 g/mol. The van der Waals surface area contributed by atoms with E-state index in [-0.39, 0.29) is 22.4 Å². The maximum absolute atomic E-state index is 13.1. The number of nitrogens with zero attached hydrogens (tertiary/aromatic N) is 1. The first-order valence-corrected chi connectivity index (χ1v) is 10.3. The van der Waals surface area contributed by atoms with Crippen molar-refractivity contribution in [2.45, 2.75) is 26.4 Å². The van der Waals surface area contributed by atoms with Crippen LogP contribution in [0.2, 0.25) is 0 Å². The monoisotopic (exact) mass is 454 g/mol. The molecule has 1 aliphatic heterocycles. The van der Waals surface area contributed by atoms with Gasteiger partial charge >= 0.3 is 5.97 Å². The van der Waals surface area contributed by atoms with Gasteiger partial charge in [0.1, 0.15) is 5.57 Å². The highest BCUT2D eigenvalue weighted by Crippen LogP contribution is 2.31. The number of benzene rings is 2. The van der Waals surface area contributed by atoms with Gasteiger partial charge in [-0.05, 0) is 73.6 Å². The van der Waals surface area contributed by atoms with Gasteiger partial charge in [0.15, 0.2) is 16.6 Å². The molecule has 0 aliphatic carbocycles. The Bertz CT molecular complexity index is 1110. The first-order chi connectivity index (χ1) is 15.2. The number of nitrogens with one attached hydrogen (secondary N) is 1. The number of carbonyl (C=O) groups excluding carboxylic acids is 2. The van der Waals surface area contributed by atoms with E-state index < -0.39 is 17.8 Å². The predicted octanol–water partition coefficient (Wildman–Crippen LogP) is 3.40. The van der Waals surface area contributed by atoms with Gasteiger partial charge in [0.05, 0.1) is 24.5 Å². The Kier molecular flexibility index (Phi) is 6.89. The molecule has 2 aromatic carbocycles. The Labute approximate surface area is 190 Å². The molecule has 0 bridgehead atoms. The largest absolute Gasteiger partial charge is 0.493 e. The number of carbonyl (C=O) groups is 3. The van der Waals surface area contributed by atoms with Crippen LogP contribution < -0.4 is 19.7 Å². The second-order valence-corrected chi connectivity index (χ2v) is 7.44. The summed E-state index contributed by atoms with van der Waals surface area (Å²) < 4.78 is 11.2. The van der Waals surface area contributed by atoms with Crippen LogP contribution in [0.4, 0.5) is 5.69 Å². The molecular weight excluding hydrogens is 432 g/mol. The number of aromatic carboxylic acids is 1. The lowest BCUT2D eigenvalue weighted by atomic mass is 10.1. The molecule has 0 aromatic heterocycles. The first-order valence-electron chi connectivity index (χ1n) is 9.84. The minimum Gasteiger partial charge on any atom is -0.493 e. The molecule has 2 N–H and O–H groups in total. The minimum absolute atomic E-state index is 0.000825. The first kappa shape index (κ1) is 23.0. The van der Waals surface area contributed by atoms with Crippen molar-refractivity contribution >= 4 is 46.9 Å². The normalized spacial score (nSPS) is 16.0. The van der Waals surface area contributed by atoms with Gasteiger partial charge in [0, 0.05) is 0 Å². The third-order valence-electron chi connectivity index (χ3n) is 4.88. The predicted molar refractivity (Wildman–Crippen MR) is 123 cm³/mol. The summed E-state index contributed by atoms with van der Waals surface area (Å²) in [7, 11) is 1.51. The average Bonchev–Trinajstić information content (AvgIpc) is 2.77. The molecule has 0 saturated carbocycles. The second kappa shape index (κ2) is 9.61. The molecule has 1 atom stereocenters. The molecule has 8 nitrogen and oxygen atoms in total. The maximum Gasteiger partial charge on any atom is 0.335 e. The Balaban J connectivity index is 1.94. The Morgan fingerprint density at radius 2 is 1.88 bits per heavy atom. The summed E-state index contributed by atoms with van der Waals surface area (Å²) in [5.74, 6) is -1.31. The molecule has 2 amide bonds. The van der Waals surface area contributed by atoms with Crippen molar-refractivity contribution in [3.05, 3.63) is 59.2 Å². The van der Waals surface area contributed by atoms with E-state index in [9.17, 15) is 14.4 Å². The lowest BCUT2D eigenvalue weighted by molar-refractivity contribution is -0.122. The second-order valence-electron chi connectivity index (χ2n) is 7.06. The summed E-state index contributed by atoms with van der Waals surface area (Å²) in [4.78, 5) is 37.8. The molecule has 1 saturated heterocycles. The van der Waals surface area contributed by atoms with E-state index in [1.54, 1.807) is 18.2 Å². The summed E-state index contributed by atoms with van der Waals surface area (Å²) in [6, 6.07) is 10.7. The number of anilines is 1. The molecule has 0 spiro atoms. The Morgan fingerprint density at radius 1 is 1.19 bits per heavy atom. The van der Waals surface area contributed by atoms with Crippen molar-refractivity contribution in [1.82, 2.24) is 5.32 Å². The van der Waals surface area contributed by atoms with Crippen LogP contribution in [0.5, 0.6) is 11.5 Å². The summed E-state index contributed by atoms with van der Waals surface area (Å²) in [6.07, 6.45) is 2.27. The van der Waals surface area contributed by atoms with Crippen molar-refractivity contribution in [1.29, 1.82) is 0 Å². The van der Waals surface area contributed by atoms with Crippen LogP contribution in [0.1, 0.15) is 36.2 Å². The number of carboxylic acids is 1. The molecule has 0 radical (unpaired) electrons. The van der Waals surface area contributed by atoms with Crippen molar-refractivity contribution < 1.29 is 29.0 Å². The zero-order chi connectivity index (χ0) is 23.4. The zero-order valence-corrected chi connectivity index (χ0v) is 18.6. The molecule has 3 rings (SSSR count). The van der Waals surface area contributed by atoms with Crippen LogP contribution in [0, 0.1) is 0 Å². The van der Waals surface area contributed by atoms with Crippen LogP contribution in [0.25, 0.3) is 6.08 Å². The van der Waals surface area contributed by atoms with Crippen LogP contribution in [0.3, 0.4) is 0 Å². The number of methoxy groups -OCH3 is 1. The topological polar surface area (TPSA) is 105 Å². The van der Waals surface area contributed by atoms with Crippen molar-refractivity contribution in [3.63, 3.8) is 0 Å².